The molecule has 0 saturated heterocycles. The molecular formula is C12H16Cl2N4O2S. The molecule has 21 heavy (non-hydrogen) atoms. The molecule has 1 aromatic heterocycles. The number of nitrogens with one attached hydrogen (secondary N) is 1. The zero-order valence-electron chi connectivity index (χ0n) is 11.2. The van der Waals surface area contributed by atoms with Crippen molar-refractivity contribution >= 4 is 34.0 Å². The standard InChI is InChI=1S/C12H15ClN4O2S.ClH/c1-17-12(10(13)7-15-17)20(18,19)16-8-11(14)9-5-3-2-4-6-9;/h2-7,11,16H,8,14H2,1H3;1H. The minimum absolute atomic E-state index is 0. The van der Waals surface area contributed by atoms with Crippen molar-refractivity contribution in [2.45, 2.75) is 11.1 Å². The van der Waals surface area contributed by atoms with Crippen LogP contribution in [0.1, 0.15) is 11.6 Å². The van der Waals surface area contributed by atoms with E-state index < -0.39 is 16.1 Å². The van der Waals surface area contributed by atoms with Gasteiger partial charge in [-0.05, 0) is 5.56 Å². The lowest BCUT2D eigenvalue weighted by Crippen LogP contribution is -2.33. The number of benzene rings is 1. The molecular weight excluding hydrogens is 335 g/mol. The topological polar surface area (TPSA) is 90.0 Å². The van der Waals surface area contributed by atoms with Crippen molar-refractivity contribution in [1.82, 2.24) is 14.5 Å². The predicted molar refractivity (Wildman–Crippen MR) is 84.0 cm³/mol. The maximum atomic E-state index is 12.2. The quantitative estimate of drug-likeness (QED) is 0.854. The van der Waals surface area contributed by atoms with E-state index in [1.54, 1.807) is 0 Å². The van der Waals surface area contributed by atoms with Crippen molar-refractivity contribution < 1.29 is 8.42 Å². The second-order valence-corrected chi connectivity index (χ2v) is 6.38. The van der Waals surface area contributed by atoms with E-state index in [-0.39, 0.29) is 29.0 Å². The van der Waals surface area contributed by atoms with Gasteiger partial charge in [-0.15, -0.1) is 12.4 Å². The summed E-state index contributed by atoms with van der Waals surface area (Å²) in [5, 5.41) is 3.81. The third kappa shape index (κ3) is 4.18. The Labute approximate surface area is 134 Å². The van der Waals surface area contributed by atoms with Gasteiger partial charge < -0.3 is 5.73 Å². The summed E-state index contributed by atoms with van der Waals surface area (Å²) in [7, 11) is -2.23. The number of hydrogen-bond acceptors (Lipinski definition) is 4. The fourth-order valence-electron chi connectivity index (χ4n) is 1.79. The molecule has 0 saturated carbocycles. The van der Waals surface area contributed by atoms with Gasteiger partial charge >= 0.3 is 0 Å². The van der Waals surface area contributed by atoms with Crippen molar-refractivity contribution in [2.75, 3.05) is 6.54 Å². The summed E-state index contributed by atoms with van der Waals surface area (Å²) in [5.41, 5.74) is 6.80. The zero-order valence-corrected chi connectivity index (χ0v) is 13.6. The molecule has 6 nitrogen and oxygen atoms in total. The Kier molecular flexibility index (Phi) is 6.18. The van der Waals surface area contributed by atoms with E-state index in [0.29, 0.717) is 0 Å². The normalized spacial score (nSPS) is 12.7. The predicted octanol–water partition coefficient (Wildman–Crippen LogP) is 1.47. The first kappa shape index (κ1) is 17.9. The molecule has 3 N–H and O–H groups in total. The molecule has 1 unspecified atom stereocenters. The number of aromatic nitrogens is 2. The van der Waals surface area contributed by atoms with Gasteiger partial charge in [0.15, 0.2) is 5.03 Å². The van der Waals surface area contributed by atoms with Crippen molar-refractivity contribution in [3.63, 3.8) is 0 Å². The van der Waals surface area contributed by atoms with Gasteiger partial charge in [-0.2, -0.15) is 5.10 Å². The van der Waals surface area contributed by atoms with E-state index in [0.717, 1.165) is 5.56 Å². The summed E-state index contributed by atoms with van der Waals surface area (Å²) in [6.45, 7) is 0.0772. The van der Waals surface area contributed by atoms with E-state index in [4.69, 9.17) is 17.3 Å². The first-order valence-electron chi connectivity index (χ1n) is 5.89. The number of sulfonamides is 1. The molecule has 1 heterocycles. The second-order valence-electron chi connectivity index (χ2n) is 4.29. The highest BCUT2D eigenvalue weighted by Crippen LogP contribution is 2.19. The van der Waals surface area contributed by atoms with Crippen LogP contribution in [0.3, 0.4) is 0 Å². The van der Waals surface area contributed by atoms with Gasteiger partial charge in [0.25, 0.3) is 10.0 Å². The van der Waals surface area contributed by atoms with Crippen LogP contribution in [0.4, 0.5) is 0 Å². The summed E-state index contributed by atoms with van der Waals surface area (Å²) in [6.07, 6.45) is 1.28. The maximum absolute atomic E-state index is 12.2. The highest BCUT2D eigenvalue weighted by atomic mass is 35.5. The largest absolute Gasteiger partial charge is 0.323 e. The highest BCUT2D eigenvalue weighted by Gasteiger charge is 2.23. The van der Waals surface area contributed by atoms with Gasteiger partial charge in [0.1, 0.15) is 0 Å². The third-order valence-electron chi connectivity index (χ3n) is 2.82. The van der Waals surface area contributed by atoms with Gasteiger partial charge in [-0.3, -0.25) is 4.68 Å². The van der Waals surface area contributed by atoms with E-state index >= 15 is 0 Å². The Morgan fingerprint density at radius 3 is 2.52 bits per heavy atom. The van der Waals surface area contributed by atoms with Crippen molar-refractivity contribution in [1.29, 1.82) is 0 Å². The third-order valence-corrected chi connectivity index (χ3v) is 4.75. The van der Waals surface area contributed by atoms with Crippen LogP contribution in [0.2, 0.25) is 5.02 Å². The monoisotopic (exact) mass is 350 g/mol. The van der Waals surface area contributed by atoms with Crippen LogP contribution in [0.15, 0.2) is 41.6 Å². The smallest absolute Gasteiger partial charge is 0.259 e. The Bertz CT molecular complexity index is 669. The molecule has 0 aliphatic carbocycles. The fraction of sp³-hybridized carbons (Fsp3) is 0.250. The first-order chi connectivity index (χ1) is 9.42. The molecule has 0 spiro atoms. The van der Waals surface area contributed by atoms with Gasteiger partial charge in [-0.1, -0.05) is 41.9 Å². The summed E-state index contributed by atoms with van der Waals surface area (Å²) < 4.78 is 28.0. The molecule has 1 aromatic carbocycles. The second kappa shape index (κ2) is 7.24. The van der Waals surface area contributed by atoms with Crippen LogP contribution < -0.4 is 10.5 Å². The first-order valence-corrected chi connectivity index (χ1v) is 7.75. The molecule has 9 heteroatoms. The number of nitrogens with zero attached hydrogens (tertiary/aromatic N) is 2. The number of halogens is 2. The summed E-state index contributed by atoms with van der Waals surface area (Å²) in [5.74, 6) is 0. The maximum Gasteiger partial charge on any atom is 0.259 e. The van der Waals surface area contributed by atoms with Gasteiger partial charge in [-0.25, -0.2) is 13.1 Å². The molecule has 0 aliphatic rings. The average molecular weight is 351 g/mol. The fourth-order valence-corrected chi connectivity index (χ4v) is 3.50. The summed E-state index contributed by atoms with van der Waals surface area (Å²) >= 11 is 5.83. The van der Waals surface area contributed by atoms with Gasteiger partial charge in [0, 0.05) is 19.6 Å². The van der Waals surface area contributed by atoms with Crippen molar-refractivity contribution in [2.24, 2.45) is 12.8 Å². The summed E-state index contributed by atoms with van der Waals surface area (Å²) in [4.78, 5) is 0. The van der Waals surface area contributed by atoms with Crippen LogP contribution in [0, 0.1) is 0 Å². The lowest BCUT2D eigenvalue weighted by molar-refractivity contribution is 0.555. The summed E-state index contributed by atoms with van der Waals surface area (Å²) in [6, 6.07) is 8.82. The number of hydrogen-bond donors (Lipinski definition) is 2. The van der Waals surface area contributed by atoms with Crippen LogP contribution in [0.5, 0.6) is 0 Å². The highest BCUT2D eigenvalue weighted by molar-refractivity contribution is 7.89. The van der Waals surface area contributed by atoms with E-state index in [2.05, 4.69) is 9.82 Å². The lowest BCUT2D eigenvalue weighted by Gasteiger charge is -2.13. The average Bonchev–Trinajstić information content (AvgIpc) is 2.77. The molecule has 2 rings (SSSR count). The molecule has 116 valence electrons. The molecule has 0 amide bonds. The number of rotatable bonds is 5. The Morgan fingerprint density at radius 2 is 2.00 bits per heavy atom. The van der Waals surface area contributed by atoms with Crippen molar-refractivity contribution in [3.8, 4) is 0 Å². The Morgan fingerprint density at radius 1 is 1.38 bits per heavy atom. The molecule has 1 atom stereocenters. The van der Waals surface area contributed by atoms with Gasteiger partial charge in [0.2, 0.25) is 0 Å². The molecule has 2 aromatic rings. The van der Waals surface area contributed by atoms with E-state index in [1.807, 2.05) is 30.3 Å². The molecule has 0 radical (unpaired) electrons. The van der Waals surface area contributed by atoms with Crippen LogP contribution in [-0.2, 0) is 17.1 Å². The minimum Gasteiger partial charge on any atom is -0.323 e. The Balaban J connectivity index is 0.00000220. The van der Waals surface area contributed by atoms with Crippen LogP contribution >= 0.6 is 24.0 Å². The zero-order chi connectivity index (χ0) is 14.8. The lowest BCUT2D eigenvalue weighted by atomic mass is 10.1. The Hall–Kier alpha value is -1.12. The van der Waals surface area contributed by atoms with Crippen LogP contribution in [-0.4, -0.2) is 24.7 Å². The van der Waals surface area contributed by atoms with Gasteiger partial charge in [0.05, 0.1) is 11.2 Å². The van der Waals surface area contributed by atoms with Crippen LogP contribution in [0.25, 0.3) is 0 Å². The molecule has 0 aliphatic heterocycles. The molecule has 0 bridgehead atoms. The number of aryl methyl sites for hydroxylation is 1. The van der Waals surface area contributed by atoms with Crippen molar-refractivity contribution in [3.05, 3.63) is 47.1 Å². The number of nitrogens with two attached hydrogens (primary N) is 1. The SMILES string of the molecule is Cl.Cn1ncc(Cl)c1S(=O)(=O)NCC(N)c1ccccc1. The molecule has 0 fully saturated rings. The van der Waals surface area contributed by atoms with E-state index in [9.17, 15) is 8.42 Å². The minimum atomic E-state index is -3.74. The van der Waals surface area contributed by atoms with E-state index in [1.165, 1.54) is 17.9 Å².